The van der Waals surface area contributed by atoms with Gasteiger partial charge in [-0.1, -0.05) is 23.7 Å². The standard InChI is InChI=1S/C20H18ClN3O5/c1-12(18(26)23-16-9-8-13(21)11-22-16)29-17(25)7-4-10-24-19(27)14-5-2-3-6-15(14)20(24)28/h2-3,5-6,8-9,11-12H,4,7,10H2,1H3,(H,22,23,26)/t12-/m1/s1. The number of esters is 1. The molecule has 1 aliphatic heterocycles. The minimum Gasteiger partial charge on any atom is -0.453 e. The predicted octanol–water partition coefficient (Wildman–Crippen LogP) is 2.68. The average molecular weight is 416 g/mol. The summed E-state index contributed by atoms with van der Waals surface area (Å²) in [5, 5.41) is 2.94. The lowest BCUT2D eigenvalue weighted by atomic mass is 10.1. The normalized spacial score (nSPS) is 13.8. The highest BCUT2D eigenvalue weighted by atomic mass is 35.5. The Bertz CT molecular complexity index is 926. The number of amides is 3. The summed E-state index contributed by atoms with van der Waals surface area (Å²) in [6.07, 6.45) is 0.550. The van der Waals surface area contributed by atoms with Crippen LogP contribution in [-0.2, 0) is 14.3 Å². The third kappa shape index (κ3) is 4.78. The van der Waals surface area contributed by atoms with E-state index >= 15 is 0 Å². The van der Waals surface area contributed by atoms with Crippen molar-refractivity contribution in [1.82, 2.24) is 9.88 Å². The number of nitrogens with zero attached hydrogens (tertiary/aromatic N) is 2. The lowest BCUT2D eigenvalue weighted by Crippen LogP contribution is -2.32. The first-order valence-corrected chi connectivity index (χ1v) is 9.31. The first-order chi connectivity index (χ1) is 13.9. The Morgan fingerprint density at radius 2 is 1.79 bits per heavy atom. The maximum Gasteiger partial charge on any atom is 0.306 e. The Kier molecular flexibility index (Phi) is 6.23. The monoisotopic (exact) mass is 415 g/mol. The largest absolute Gasteiger partial charge is 0.453 e. The summed E-state index contributed by atoms with van der Waals surface area (Å²) < 4.78 is 5.10. The van der Waals surface area contributed by atoms with Gasteiger partial charge in [-0.05, 0) is 37.6 Å². The molecule has 1 aliphatic rings. The maximum absolute atomic E-state index is 12.3. The molecule has 0 unspecified atom stereocenters. The molecule has 0 aliphatic carbocycles. The highest BCUT2D eigenvalue weighted by Crippen LogP contribution is 2.22. The van der Waals surface area contributed by atoms with Crippen LogP contribution in [-0.4, -0.2) is 46.2 Å². The van der Waals surface area contributed by atoms with Crippen molar-refractivity contribution in [2.24, 2.45) is 0 Å². The Balaban J connectivity index is 1.44. The summed E-state index contributed by atoms with van der Waals surface area (Å²) in [5.41, 5.74) is 0.724. The van der Waals surface area contributed by atoms with Crippen LogP contribution in [0.3, 0.4) is 0 Å². The van der Waals surface area contributed by atoms with E-state index in [1.54, 1.807) is 30.3 Å². The Labute approximate surface area is 171 Å². The summed E-state index contributed by atoms with van der Waals surface area (Å²) in [5.74, 6) is -1.60. The number of aromatic nitrogens is 1. The Morgan fingerprint density at radius 1 is 1.14 bits per heavy atom. The van der Waals surface area contributed by atoms with E-state index < -0.39 is 18.0 Å². The first-order valence-electron chi connectivity index (χ1n) is 8.94. The van der Waals surface area contributed by atoms with Gasteiger partial charge in [0.25, 0.3) is 17.7 Å². The van der Waals surface area contributed by atoms with E-state index in [0.29, 0.717) is 16.1 Å². The lowest BCUT2D eigenvalue weighted by molar-refractivity contribution is -0.153. The second-order valence-corrected chi connectivity index (χ2v) is 6.83. The minimum absolute atomic E-state index is 0.0375. The molecule has 0 radical (unpaired) electrons. The fraction of sp³-hybridized carbons (Fsp3) is 0.250. The van der Waals surface area contributed by atoms with E-state index in [4.69, 9.17) is 16.3 Å². The highest BCUT2D eigenvalue weighted by molar-refractivity contribution is 6.30. The van der Waals surface area contributed by atoms with Gasteiger partial charge in [-0.2, -0.15) is 0 Å². The number of benzene rings is 1. The molecule has 0 spiro atoms. The molecule has 0 bridgehead atoms. The number of fused-ring (bicyclic) bond motifs is 1. The number of ether oxygens (including phenoxy) is 1. The zero-order chi connectivity index (χ0) is 21.0. The van der Waals surface area contributed by atoms with Gasteiger partial charge in [0, 0.05) is 19.2 Å². The fourth-order valence-corrected chi connectivity index (χ4v) is 2.92. The van der Waals surface area contributed by atoms with Crippen molar-refractivity contribution >= 4 is 41.1 Å². The van der Waals surface area contributed by atoms with Gasteiger partial charge in [-0.15, -0.1) is 0 Å². The molecule has 0 fully saturated rings. The fourth-order valence-electron chi connectivity index (χ4n) is 2.81. The third-order valence-electron chi connectivity index (χ3n) is 4.30. The predicted molar refractivity (Wildman–Crippen MR) is 104 cm³/mol. The third-order valence-corrected chi connectivity index (χ3v) is 4.52. The van der Waals surface area contributed by atoms with E-state index in [1.165, 1.54) is 19.2 Å². The molecule has 8 nitrogen and oxygen atoms in total. The van der Waals surface area contributed by atoms with E-state index in [0.717, 1.165) is 4.90 Å². The van der Waals surface area contributed by atoms with Crippen LogP contribution >= 0.6 is 11.6 Å². The molecule has 29 heavy (non-hydrogen) atoms. The summed E-state index contributed by atoms with van der Waals surface area (Å²) >= 11 is 5.73. The molecule has 9 heteroatoms. The summed E-state index contributed by atoms with van der Waals surface area (Å²) in [4.78, 5) is 53.6. The van der Waals surface area contributed by atoms with Crippen molar-refractivity contribution in [3.05, 3.63) is 58.7 Å². The van der Waals surface area contributed by atoms with E-state index in [1.807, 2.05) is 0 Å². The summed E-state index contributed by atoms with van der Waals surface area (Å²) in [7, 11) is 0. The maximum atomic E-state index is 12.3. The van der Waals surface area contributed by atoms with Gasteiger partial charge in [0.2, 0.25) is 0 Å². The smallest absolute Gasteiger partial charge is 0.306 e. The van der Waals surface area contributed by atoms with Gasteiger partial charge in [0.15, 0.2) is 6.10 Å². The Hall–Kier alpha value is -3.26. The van der Waals surface area contributed by atoms with Crippen LogP contribution in [0.15, 0.2) is 42.6 Å². The molecule has 150 valence electrons. The zero-order valence-electron chi connectivity index (χ0n) is 15.6. The van der Waals surface area contributed by atoms with Gasteiger partial charge in [-0.3, -0.25) is 24.1 Å². The molecular weight excluding hydrogens is 398 g/mol. The number of halogens is 1. The molecule has 3 amide bonds. The van der Waals surface area contributed by atoms with Crippen LogP contribution < -0.4 is 5.32 Å². The number of hydrogen-bond acceptors (Lipinski definition) is 6. The number of imide groups is 1. The lowest BCUT2D eigenvalue weighted by Gasteiger charge is -2.15. The molecule has 1 aromatic carbocycles. The topological polar surface area (TPSA) is 106 Å². The first kappa shape index (κ1) is 20.5. The number of hydrogen-bond donors (Lipinski definition) is 1. The minimum atomic E-state index is -1.03. The zero-order valence-corrected chi connectivity index (χ0v) is 16.3. The Morgan fingerprint density at radius 3 is 2.38 bits per heavy atom. The van der Waals surface area contributed by atoms with Crippen LogP contribution in [0.4, 0.5) is 5.82 Å². The van der Waals surface area contributed by atoms with E-state index in [2.05, 4.69) is 10.3 Å². The molecular formula is C20H18ClN3O5. The molecule has 2 heterocycles. The second kappa shape index (κ2) is 8.83. The summed E-state index contributed by atoms with van der Waals surface area (Å²) in [6.45, 7) is 1.53. The van der Waals surface area contributed by atoms with E-state index in [9.17, 15) is 19.2 Å². The quantitative estimate of drug-likeness (QED) is 0.550. The van der Waals surface area contributed by atoms with Gasteiger partial charge in [0.1, 0.15) is 5.82 Å². The number of carbonyl (C=O) groups excluding carboxylic acids is 4. The van der Waals surface area contributed by atoms with Crippen LogP contribution in [0.1, 0.15) is 40.5 Å². The molecule has 1 atom stereocenters. The van der Waals surface area contributed by atoms with Crippen LogP contribution in [0, 0.1) is 0 Å². The number of rotatable bonds is 7. The van der Waals surface area contributed by atoms with Crippen molar-refractivity contribution in [3.63, 3.8) is 0 Å². The molecule has 1 aromatic heterocycles. The van der Waals surface area contributed by atoms with Crippen molar-refractivity contribution in [1.29, 1.82) is 0 Å². The van der Waals surface area contributed by atoms with Gasteiger partial charge in [-0.25, -0.2) is 4.98 Å². The van der Waals surface area contributed by atoms with Gasteiger partial charge < -0.3 is 10.1 Å². The number of anilines is 1. The van der Waals surface area contributed by atoms with Crippen LogP contribution in [0.2, 0.25) is 5.02 Å². The van der Waals surface area contributed by atoms with E-state index in [-0.39, 0.29) is 37.0 Å². The van der Waals surface area contributed by atoms with Gasteiger partial charge in [0.05, 0.1) is 16.1 Å². The SMILES string of the molecule is C[C@@H](OC(=O)CCCN1C(=O)c2ccccc2C1=O)C(=O)Nc1ccc(Cl)cn1. The second-order valence-electron chi connectivity index (χ2n) is 6.39. The average Bonchev–Trinajstić information content (AvgIpc) is 2.95. The molecule has 1 N–H and O–H groups in total. The summed E-state index contributed by atoms with van der Waals surface area (Å²) in [6, 6.07) is 9.67. The molecule has 3 rings (SSSR count). The highest BCUT2D eigenvalue weighted by Gasteiger charge is 2.34. The molecule has 0 saturated carbocycles. The molecule has 2 aromatic rings. The van der Waals surface area contributed by atoms with Crippen molar-refractivity contribution in [2.75, 3.05) is 11.9 Å². The molecule has 0 saturated heterocycles. The number of pyridine rings is 1. The van der Waals surface area contributed by atoms with Gasteiger partial charge >= 0.3 is 5.97 Å². The van der Waals surface area contributed by atoms with Crippen molar-refractivity contribution < 1.29 is 23.9 Å². The van der Waals surface area contributed by atoms with Crippen LogP contribution in [0.5, 0.6) is 0 Å². The van der Waals surface area contributed by atoms with Crippen molar-refractivity contribution in [2.45, 2.75) is 25.9 Å². The van der Waals surface area contributed by atoms with Crippen LogP contribution in [0.25, 0.3) is 0 Å². The number of nitrogens with one attached hydrogen (secondary N) is 1. The number of carbonyl (C=O) groups is 4. The van der Waals surface area contributed by atoms with Crippen molar-refractivity contribution in [3.8, 4) is 0 Å².